The molecule has 1 saturated heterocycles. The van der Waals surface area contributed by atoms with Gasteiger partial charge < -0.3 is 10.2 Å². The predicted octanol–water partition coefficient (Wildman–Crippen LogP) is 3.48. The average Bonchev–Trinajstić information content (AvgIpc) is 2.40. The number of anilines is 1. The summed E-state index contributed by atoms with van der Waals surface area (Å²) < 4.78 is 0. The van der Waals surface area contributed by atoms with E-state index in [4.69, 9.17) is 0 Å². The molecule has 3 heteroatoms. The monoisotopic (exact) mass is 232 g/mol. The number of rotatable bonds is 2. The molecule has 17 heavy (non-hydrogen) atoms. The van der Waals surface area contributed by atoms with Crippen LogP contribution in [-0.2, 0) is 0 Å². The Hall–Kier alpha value is -1.51. The molecule has 0 bridgehead atoms. The number of likely N-dealkylation sites (tertiary alicyclic amines) is 1. The highest BCUT2D eigenvalue weighted by molar-refractivity contribution is 5.89. The Balaban J connectivity index is 1.99. The standard InChI is InChI=1S/C14H20N2O/c1-2-13-10-6-7-11-16(13)14(17)15-12-8-4-3-5-9-12/h3-5,8-9,13H,2,6-7,10-11H2,1H3,(H,15,17)/t13-/m0/s1. The Kier molecular flexibility index (Phi) is 4.02. The van der Waals surface area contributed by atoms with Crippen molar-refractivity contribution >= 4 is 11.7 Å². The van der Waals surface area contributed by atoms with Gasteiger partial charge in [-0.3, -0.25) is 0 Å². The smallest absolute Gasteiger partial charge is 0.322 e. The van der Waals surface area contributed by atoms with Gasteiger partial charge >= 0.3 is 6.03 Å². The molecule has 0 spiro atoms. The number of piperidine rings is 1. The van der Waals surface area contributed by atoms with E-state index in [1.54, 1.807) is 0 Å². The molecule has 0 unspecified atom stereocenters. The Morgan fingerprint density at radius 3 is 2.82 bits per heavy atom. The number of carbonyl (C=O) groups is 1. The molecule has 2 amide bonds. The van der Waals surface area contributed by atoms with Gasteiger partial charge in [0.1, 0.15) is 0 Å². The first kappa shape index (κ1) is 12.0. The van der Waals surface area contributed by atoms with Crippen LogP contribution in [0.15, 0.2) is 30.3 Å². The lowest BCUT2D eigenvalue weighted by molar-refractivity contribution is 0.160. The predicted molar refractivity (Wildman–Crippen MR) is 70.1 cm³/mol. The summed E-state index contributed by atoms with van der Waals surface area (Å²) in [7, 11) is 0. The van der Waals surface area contributed by atoms with Crippen molar-refractivity contribution in [3.63, 3.8) is 0 Å². The van der Waals surface area contributed by atoms with Gasteiger partial charge in [0.15, 0.2) is 0 Å². The van der Waals surface area contributed by atoms with Crippen LogP contribution in [0.25, 0.3) is 0 Å². The molecule has 0 aromatic heterocycles. The van der Waals surface area contributed by atoms with E-state index >= 15 is 0 Å². The molecule has 3 nitrogen and oxygen atoms in total. The zero-order chi connectivity index (χ0) is 12.1. The van der Waals surface area contributed by atoms with Gasteiger partial charge in [-0.15, -0.1) is 0 Å². The third-order valence-electron chi connectivity index (χ3n) is 3.38. The van der Waals surface area contributed by atoms with Gasteiger partial charge in [-0.1, -0.05) is 25.1 Å². The molecule has 0 saturated carbocycles. The highest BCUT2D eigenvalue weighted by Crippen LogP contribution is 2.20. The van der Waals surface area contributed by atoms with E-state index in [-0.39, 0.29) is 6.03 Å². The van der Waals surface area contributed by atoms with E-state index in [1.165, 1.54) is 6.42 Å². The molecule has 1 aromatic rings. The van der Waals surface area contributed by atoms with Crippen LogP contribution >= 0.6 is 0 Å². The van der Waals surface area contributed by atoms with E-state index < -0.39 is 0 Å². The molecule has 1 atom stereocenters. The van der Waals surface area contributed by atoms with Crippen molar-refractivity contribution in [1.29, 1.82) is 0 Å². The lowest BCUT2D eigenvalue weighted by atomic mass is 10.0. The first-order valence-corrected chi connectivity index (χ1v) is 6.44. The number of benzene rings is 1. The van der Waals surface area contributed by atoms with Crippen molar-refractivity contribution in [1.82, 2.24) is 4.90 Å². The van der Waals surface area contributed by atoms with E-state index in [0.717, 1.165) is 31.5 Å². The minimum atomic E-state index is 0.0442. The highest BCUT2D eigenvalue weighted by Gasteiger charge is 2.24. The number of carbonyl (C=O) groups excluding carboxylic acids is 1. The lowest BCUT2D eigenvalue weighted by Gasteiger charge is -2.35. The number of nitrogens with zero attached hydrogens (tertiary/aromatic N) is 1. The molecule has 1 aromatic carbocycles. The number of amides is 2. The number of hydrogen-bond acceptors (Lipinski definition) is 1. The third-order valence-corrected chi connectivity index (χ3v) is 3.38. The van der Waals surface area contributed by atoms with Gasteiger partial charge in [0, 0.05) is 18.3 Å². The van der Waals surface area contributed by atoms with Crippen LogP contribution in [0, 0.1) is 0 Å². The largest absolute Gasteiger partial charge is 0.322 e. The molecule has 1 N–H and O–H groups in total. The molecule has 1 heterocycles. The van der Waals surface area contributed by atoms with Crippen molar-refractivity contribution in [3.05, 3.63) is 30.3 Å². The summed E-state index contributed by atoms with van der Waals surface area (Å²) in [5, 5.41) is 2.96. The number of nitrogens with one attached hydrogen (secondary N) is 1. The first-order valence-electron chi connectivity index (χ1n) is 6.44. The molecule has 1 aliphatic rings. The zero-order valence-corrected chi connectivity index (χ0v) is 10.4. The van der Waals surface area contributed by atoms with Gasteiger partial charge in [0.25, 0.3) is 0 Å². The Labute approximate surface area is 103 Å². The van der Waals surface area contributed by atoms with Crippen LogP contribution in [0.1, 0.15) is 32.6 Å². The van der Waals surface area contributed by atoms with Gasteiger partial charge in [-0.25, -0.2) is 4.79 Å². The average molecular weight is 232 g/mol. The topological polar surface area (TPSA) is 32.3 Å². The van der Waals surface area contributed by atoms with E-state index in [0.29, 0.717) is 6.04 Å². The summed E-state index contributed by atoms with van der Waals surface area (Å²) in [5.41, 5.74) is 0.873. The summed E-state index contributed by atoms with van der Waals surface area (Å²) in [6.07, 6.45) is 4.55. The Morgan fingerprint density at radius 1 is 1.35 bits per heavy atom. The van der Waals surface area contributed by atoms with Crippen molar-refractivity contribution in [2.24, 2.45) is 0 Å². The van der Waals surface area contributed by atoms with Crippen molar-refractivity contribution < 1.29 is 4.79 Å². The summed E-state index contributed by atoms with van der Waals surface area (Å²) in [6, 6.07) is 10.1. The second-order valence-corrected chi connectivity index (χ2v) is 4.55. The molecular weight excluding hydrogens is 212 g/mol. The van der Waals surface area contributed by atoms with Crippen LogP contribution in [0.3, 0.4) is 0 Å². The van der Waals surface area contributed by atoms with Crippen LogP contribution in [0.2, 0.25) is 0 Å². The second-order valence-electron chi connectivity index (χ2n) is 4.55. The normalized spacial score (nSPS) is 20.1. The van der Waals surface area contributed by atoms with Crippen LogP contribution in [-0.4, -0.2) is 23.5 Å². The molecule has 2 rings (SSSR count). The number of para-hydroxylation sites is 1. The third kappa shape index (κ3) is 2.99. The van der Waals surface area contributed by atoms with Crippen molar-refractivity contribution in [2.45, 2.75) is 38.6 Å². The van der Waals surface area contributed by atoms with Crippen molar-refractivity contribution in [3.8, 4) is 0 Å². The fourth-order valence-corrected chi connectivity index (χ4v) is 2.41. The zero-order valence-electron chi connectivity index (χ0n) is 10.4. The second kappa shape index (κ2) is 5.71. The van der Waals surface area contributed by atoms with Gasteiger partial charge in [-0.05, 0) is 37.8 Å². The molecule has 1 fully saturated rings. The molecular formula is C14H20N2O. The van der Waals surface area contributed by atoms with Crippen LogP contribution in [0.4, 0.5) is 10.5 Å². The first-order chi connectivity index (χ1) is 8.31. The summed E-state index contributed by atoms with van der Waals surface area (Å²) in [6.45, 7) is 3.04. The van der Waals surface area contributed by atoms with E-state index in [1.807, 2.05) is 35.2 Å². The van der Waals surface area contributed by atoms with Crippen LogP contribution < -0.4 is 5.32 Å². The van der Waals surface area contributed by atoms with E-state index in [2.05, 4.69) is 12.2 Å². The summed E-state index contributed by atoms with van der Waals surface area (Å²) in [4.78, 5) is 14.1. The van der Waals surface area contributed by atoms with Crippen LogP contribution in [0.5, 0.6) is 0 Å². The maximum Gasteiger partial charge on any atom is 0.322 e. The lowest BCUT2D eigenvalue weighted by Crippen LogP contribution is -2.45. The fraction of sp³-hybridized carbons (Fsp3) is 0.500. The minimum absolute atomic E-state index is 0.0442. The fourth-order valence-electron chi connectivity index (χ4n) is 2.41. The maximum atomic E-state index is 12.2. The molecule has 92 valence electrons. The van der Waals surface area contributed by atoms with E-state index in [9.17, 15) is 4.79 Å². The number of hydrogen-bond donors (Lipinski definition) is 1. The maximum absolute atomic E-state index is 12.2. The van der Waals surface area contributed by atoms with Gasteiger partial charge in [0.05, 0.1) is 0 Å². The molecule has 0 radical (unpaired) electrons. The Morgan fingerprint density at radius 2 is 2.12 bits per heavy atom. The number of urea groups is 1. The van der Waals surface area contributed by atoms with Gasteiger partial charge in [-0.2, -0.15) is 0 Å². The van der Waals surface area contributed by atoms with Gasteiger partial charge in [0.2, 0.25) is 0 Å². The quantitative estimate of drug-likeness (QED) is 0.831. The minimum Gasteiger partial charge on any atom is -0.322 e. The highest BCUT2D eigenvalue weighted by atomic mass is 16.2. The van der Waals surface area contributed by atoms with Crippen molar-refractivity contribution in [2.75, 3.05) is 11.9 Å². The molecule has 1 aliphatic heterocycles. The SMILES string of the molecule is CC[C@H]1CCCCN1C(=O)Nc1ccccc1. The summed E-state index contributed by atoms with van der Waals surface area (Å²) >= 11 is 0. The molecule has 0 aliphatic carbocycles. The summed E-state index contributed by atoms with van der Waals surface area (Å²) in [5.74, 6) is 0. The Bertz CT molecular complexity index is 364.